The number of alkyl halides is 3. The predicted octanol–water partition coefficient (Wildman–Crippen LogP) is 6.99. The average Bonchev–Trinajstić information content (AvgIpc) is 3.32. The van der Waals surface area contributed by atoms with Gasteiger partial charge in [-0.3, -0.25) is 4.79 Å². The van der Waals surface area contributed by atoms with Crippen molar-refractivity contribution in [2.45, 2.75) is 19.3 Å². The highest BCUT2D eigenvalue weighted by molar-refractivity contribution is 7.13. The SMILES string of the molecule is O=C(NCc1cccc(C(F)(F)F)c1)c1csc(-c2cccc(OCc3ccccc3Cl)c2)n1. The van der Waals surface area contributed by atoms with Gasteiger partial charge in [-0.15, -0.1) is 11.3 Å². The van der Waals surface area contributed by atoms with Gasteiger partial charge >= 0.3 is 6.18 Å². The lowest BCUT2D eigenvalue weighted by Crippen LogP contribution is -2.23. The van der Waals surface area contributed by atoms with Crippen LogP contribution < -0.4 is 10.1 Å². The number of ether oxygens (including phenoxy) is 1. The summed E-state index contributed by atoms with van der Waals surface area (Å²) in [5, 5.41) is 5.46. The Morgan fingerprint density at radius 3 is 2.62 bits per heavy atom. The van der Waals surface area contributed by atoms with Crippen LogP contribution in [0.25, 0.3) is 10.6 Å². The number of benzene rings is 3. The molecule has 4 rings (SSSR count). The van der Waals surface area contributed by atoms with E-state index in [4.69, 9.17) is 16.3 Å². The number of aromatic nitrogens is 1. The maximum atomic E-state index is 12.9. The van der Waals surface area contributed by atoms with Crippen LogP contribution in [0.15, 0.2) is 78.2 Å². The summed E-state index contributed by atoms with van der Waals surface area (Å²) in [7, 11) is 0. The Hall–Kier alpha value is -3.36. The zero-order valence-electron chi connectivity index (χ0n) is 17.6. The topological polar surface area (TPSA) is 51.2 Å². The largest absolute Gasteiger partial charge is 0.489 e. The number of thiazole rings is 1. The standard InChI is InChI=1S/C25H18ClF3N2O2S/c26-21-10-2-1-6-18(21)14-33-20-9-4-7-17(12-20)24-31-22(15-34-24)23(32)30-13-16-5-3-8-19(11-16)25(27,28)29/h1-12,15H,13-14H2,(H,30,32). The first-order valence-corrected chi connectivity index (χ1v) is 11.4. The number of carbonyl (C=O) groups excluding carboxylic acids is 1. The van der Waals surface area contributed by atoms with Crippen molar-refractivity contribution in [1.82, 2.24) is 10.3 Å². The number of hydrogen-bond acceptors (Lipinski definition) is 4. The van der Waals surface area contributed by atoms with Crippen LogP contribution >= 0.6 is 22.9 Å². The second-order valence-corrected chi connectivity index (χ2v) is 8.59. The van der Waals surface area contributed by atoms with Gasteiger partial charge in [0.2, 0.25) is 0 Å². The Labute approximate surface area is 203 Å². The summed E-state index contributed by atoms with van der Waals surface area (Å²) in [6, 6.07) is 19.6. The molecule has 1 N–H and O–H groups in total. The van der Waals surface area contributed by atoms with Crippen molar-refractivity contribution < 1.29 is 22.7 Å². The van der Waals surface area contributed by atoms with Crippen molar-refractivity contribution in [2.75, 3.05) is 0 Å². The van der Waals surface area contributed by atoms with E-state index >= 15 is 0 Å². The minimum Gasteiger partial charge on any atom is -0.489 e. The molecule has 0 aliphatic rings. The normalized spacial score (nSPS) is 11.3. The molecule has 3 aromatic carbocycles. The lowest BCUT2D eigenvalue weighted by atomic mass is 10.1. The lowest BCUT2D eigenvalue weighted by molar-refractivity contribution is -0.137. The smallest absolute Gasteiger partial charge is 0.416 e. The van der Waals surface area contributed by atoms with Crippen LogP contribution in [-0.2, 0) is 19.3 Å². The predicted molar refractivity (Wildman–Crippen MR) is 126 cm³/mol. The molecule has 0 aliphatic carbocycles. The van der Waals surface area contributed by atoms with Gasteiger partial charge in [-0.1, -0.05) is 54.1 Å². The fourth-order valence-corrected chi connectivity index (χ4v) is 4.12. The van der Waals surface area contributed by atoms with Crippen LogP contribution in [0.3, 0.4) is 0 Å². The second kappa shape index (κ2) is 10.3. The number of hydrogen-bond donors (Lipinski definition) is 1. The Bertz CT molecular complexity index is 1310. The highest BCUT2D eigenvalue weighted by Crippen LogP contribution is 2.30. The molecular formula is C25H18ClF3N2O2S. The van der Waals surface area contributed by atoms with Gasteiger partial charge in [0.25, 0.3) is 5.91 Å². The van der Waals surface area contributed by atoms with E-state index in [2.05, 4.69) is 10.3 Å². The van der Waals surface area contributed by atoms with Crippen LogP contribution in [-0.4, -0.2) is 10.9 Å². The monoisotopic (exact) mass is 502 g/mol. The van der Waals surface area contributed by atoms with Crippen molar-refractivity contribution in [2.24, 2.45) is 0 Å². The summed E-state index contributed by atoms with van der Waals surface area (Å²) in [6.45, 7) is 0.269. The summed E-state index contributed by atoms with van der Waals surface area (Å²) in [4.78, 5) is 16.8. The Morgan fingerprint density at radius 1 is 1.03 bits per heavy atom. The second-order valence-electron chi connectivity index (χ2n) is 7.33. The lowest BCUT2D eigenvalue weighted by Gasteiger charge is -2.09. The molecule has 0 saturated heterocycles. The van der Waals surface area contributed by atoms with E-state index in [-0.39, 0.29) is 12.2 Å². The fraction of sp³-hybridized carbons (Fsp3) is 0.120. The molecule has 0 bridgehead atoms. The first-order chi connectivity index (χ1) is 16.3. The third-order valence-corrected chi connectivity index (χ3v) is 6.14. The van der Waals surface area contributed by atoms with Crippen molar-refractivity contribution >= 4 is 28.8 Å². The molecule has 1 aromatic heterocycles. The van der Waals surface area contributed by atoms with Crippen molar-refractivity contribution in [1.29, 1.82) is 0 Å². The molecule has 9 heteroatoms. The molecule has 4 aromatic rings. The van der Waals surface area contributed by atoms with E-state index in [9.17, 15) is 18.0 Å². The number of rotatable bonds is 7. The molecule has 0 atom stereocenters. The third kappa shape index (κ3) is 5.95. The van der Waals surface area contributed by atoms with Gasteiger partial charge in [0.15, 0.2) is 0 Å². The molecule has 0 fully saturated rings. The van der Waals surface area contributed by atoms with Gasteiger partial charge < -0.3 is 10.1 Å². The molecule has 0 radical (unpaired) electrons. The summed E-state index contributed by atoms with van der Waals surface area (Å²) in [5.41, 5.74) is 1.42. The van der Waals surface area contributed by atoms with Crippen LogP contribution in [0.1, 0.15) is 27.2 Å². The highest BCUT2D eigenvalue weighted by atomic mass is 35.5. The van der Waals surface area contributed by atoms with Gasteiger partial charge in [-0.05, 0) is 35.9 Å². The Kier molecular flexibility index (Phi) is 7.19. The van der Waals surface area contributed by atoms with Crippen LogP contribution in [0.2, 0.25) is 5.02 Å². The summed E-state index contributed by atoms with van der Waals surface area (Å²) in [5.74, 6) is 0.161. The summed E-state index contributed by atoms with van der Waals surface area (Å²) in [6.07, 6.45) is -4.44. The van der Waals surface area contributed by atoms with Crippen molar-refractivity contribution in [3.8, 4) is 16.3 Å². The van der Waals surface area contributed by atoms with E-state index in [1.165, 1.54) is 23.5 Å². The first-order valence-electron chi connectivity index (χ1n) is 10.2. The Morgan fingerprint density at radius 2 is 1.82 bits per heavy atom. The first kappa shape index (κ1) is 23.8. The number of halogens is 4. The van der Waals surface area contributed by atoms with Gasteiger partial charge in [0, 0.05) is 28.1 Å². The van der Waals surface area contributed by atoms with Gasteiger partial charge in [0.05, 0.1) is 5.56 Å². The molecule has 0 unspecified atom stereocenters. The molecule has 0 aliphatic heterocycles. The minimum atomic E-state index is -4.44. The van der Waals surface area contributed by atoms with Crippen LogP contribution in [0, 0.1) is 0 Å². The number of carbonyl (C=O) groups is 1. The number of nitrogens with zero attached hydrogens (tertiary/aromatic N) is 1. The number of amides is 1. The molecule has 174 valence electrons. The van der Waals surface area contributed by atoms with Crippen molar-refractivity contribution in [3.05, 3.63) is 106 Å². The molecule has 4 nitrogen and oxygen atoms in total. The summed E-state index contributed by atoms with van der Waals surface area (Å²) >= 11 is 7.45. The van der Waals surface area contributed by atoms with Gasteiger partial charge in [-0.25, -0.2) is 4.98 Å². The molecule has 34 heavy (non-hydrogen) atoms. The van der Waals surface area contributed by atoms with Crippen LogP contribution in [0.4, 0.5) is 13.2 Å². The quantitative estimate of drug-likeness (QED) is 0.296. The minimum absolute atomic E-state index is 0.0407. The third-order valence-electron chi connectivity index (χ3n) is 4.88. The maximum Gasteiger partial charge on any atom is 0.416 e. The zero-order chi connectivity index (χ0) is 24.1. The Balaban J connectivity index is 1.39. The zero-order valence-corrected chi connectivity index (χ0v) is 19.2. The maximum absolute atomic E-state index is 12.9. The highest BCUT2D eigenvalue weighted by Gasteiger charge is 2.30. The van der Waals surface area contributed by atoms with Gasteiger partial charge in [-0.2, -0.15) is 13.2 Å². The van der Waals surface area contributed by atoms with Crippen molar-refractivity contribution in [3.63, 3.8) is 0 Å². The van der Waals surface area contributed by atoms with E-state index in [0.29, 0.717) is 28.0 Å². The van der Waals surface area contributed by atoms with Crippen LogP contribution in [0.5, 0.6) is 5.75 Å². The van der Waals surface area contributed by atoms with E-state index in [1.54, 1.807) is 11.4 Å². The molecule has 1 heterocycles. The molecule has 0 spiro atoms. The molecular weight excluding hydrogens is 485 g/mol. The van der Waals surface area contributed by atoms with E-state index in [1.807, 2.05) is 42.5 Å². The van der Waals surface area contributed by atoms with Gasteiger partial charge in [0.1, 0.15) is 23.1 Å². The average molecular weight is 503 g/mol. The molecule has 1 amide bonds. The van der Waals surface area contributed by atoms with E-state index in [0.717, 1.165) is 23.3 Å². The number of nitrogens with one attached hydrogen (secondary N) is 1. The fourth-order valence-electron chi connectivity index (χ4n) is 3.14. The summed E-state index contributed by atoms with van der Waals surface area (Å²) < 4.78 is 44.4. The van der Waals surface area contributed by atoms with E-state index < -0.39 is 17.6 Å². The molecule has 0 saturated carbocycles.